The molecule has 0 aromatic heterocycles. The largest absolute Gasteiger partial charge is 0.382 e. The summed E-state index contributed by atoms with van der Waals surface area (Å²) in [4.78, 5) is 0. The normalized spacial score (nSPS) is 10.2. The Balaban J connectivity index is 2.65. The van der Waals surface area contributed by atoms with E-state index in [1.165, 1.54) is 0 Å². The number of rotatable bonds is 7. The predicted molar refractivity (Wildman–Crippen MR) is 47.8 cm³/mol. The Bertz CT molecular complexity index is 53.6. The third-order valence-electron chi connectivity index (χ3n) is 1.13. The molecular formula is C7H17NOS. The molecule has 0 spiro atoms. The van der Waals surface area contributed by atoms with Gasteiger partial charge >= 0.3 is 0 Å². The molecule has 0 saturated heterocycles. The summed E-state index contributed by atoms with van der Waals surface area (Å²) in [7, 11) is 0. The van der Waals surface area contributed by atoms with Crippen LogP contribution in [0.2, 0.25) is 0 Å². The molecule has 0 unspecified atom stereocenters. The topological polar surface area (TPSA) is 21.3 Å². The van der Waals surface area contributed by atoms with Crippen LogP contribution in [0.4, 0.5) is 0 Å². The average molecular weight is 163 g/mol. The van der Waals surface area contributed by atoms with Crippen LogP contribution in [0.15, 0.2) is 0 Å². The second-order valence-electron chi connectivity index (χ2n) is 2.02. The van der Waals surface area contributed by atoms with Crippen LogP contribution in [0.5, 0.6) is 0 Å². The fraction of sp³-hybridized carbons (Fsp3) is 1.00. The van der Waals surface area contributed by atoms with Gasteiger partial charge in [0.1, 0.15) is 0 Å². The summed E-state index contributed by atoms with van der Waals surface area (Å²) in [5.74, 6) is 0.911. The van der Waals surface area contributed by atoms with Crippen molar-refractivity contribution in [3.8, 4) is 0 Å². The molecule has 0 saturated carbocycles. The van der Waals surface area contributed by atoms with Gasteiger partial charge in [-0.2, -0.15) is 12.6 Å². The quantitative estimate of drug-likeness (QED) is 0.430. The Labute approximate surface area is 68.7 Å². The lowest BCUT2D eigenvalue weighted by atomic mass is 10.4. The number of hydrogen-bond donors (Lipinski definition) is 2. The van der Waals surface area contributed by atoms with Crippen LogP contribution in [-0.2, 0) is 4.74 Å². The number of thiol groups is 1. The van der Waals surface area contributed by atoms with E-state index >= 15 is 0 Å². The van der Waals surface area contributed by atoms with Crippen molar-refractivity contribution in [1.82, 2.24) is 5.32 Å². The van der Waals surface area contributed by atoms with E-state index in [9.17, 15) is 0 Å². The molecule has 0 aliphatic carbocycles. The minimum atomic E-state index is 0.826. The number of hydrogen-bond acceptors (Lipinski definition) is 3. The molecule has 0 aliphatic heterocycles. The molecule has 0 rings (SSSR count). The molecule has 0 atom stereocenters. The van der Waals surface area contributed by atoms with Crippen LogP contribution in [0.25, 0.3) is 0 Å². The fourth-order valence-electron chi connectivity index (χ4n) is 0.648. The molecule has 0 amide bonds. The van der Waals surface area contributed by atoms with E-state index in [0.717, 1.165) is 38.5 Å². The van der Waals surface area contributed by atoms with Crippen LogP contribution < -0.4 is 5.32 Å². The summed E-state index contributed by atoms with van der Waals surface area (Å²) in [6.45, 7) is 5.75. The molecule has 0 bridgehead atoms. The summed E-state index contributed by atoms with van der Waals surface area (Å²) in [5.41, 5.74) is 0. The van der Waals surface area contributed by atoms with E-state index in [1.807, 2.05) is 6.92 Å². The summed E-state index contributed by atoms with van der Waals surface area (Å²) >= 11 is 4.07. The zero-order valence-corrected chi connectivity index (χ0v) is 7.49. The van der Waals surface area contributed by atoms with Gasteiger partial charge in [-0.1, -0.05) is 0 Å². The zero-order chi connectivity index (χ0) is 7.66. The first-order valence-corrected chi connectivity index (χ1v) is 4.44. The van der Waals surface area contributed by atoms with E-state index in [2.05, 4.69) is 17.9 Å². The van der Waals surface area contributed by atoms with Crippen LogP contribution >= 0.6 is 12.6 Å². The first kappa shape index (κ1) is 10.3. The van der Waals surface area contributed by atoms with Crippen LogP contribution in [0.3, 0.4) is 0 Å². The molecule has 62 valence electrons. The maximum atomic E-state index is 5.15. The van der Waals surface area contributed by atoms with Gasteiger partial charge < -0.3 is 10.1 Å². The summed E-state index contributed by atoms with van der Waals surface area (Å²) in [6.07, 6.45) is 1.10. The first-order valence-electron chi connectivity index (χ1n) is 3.81. The maximum Gasteiger partial charge on any atom is 0.0477 e. The molecule has 0 aromatic carbocycles. The Hall–Kier alpha value is 0.270. The summed E-state index contributed by atoms with van der Waals surface area (Å²) < 4.78 is 5.15. The van der Waals surface area contributed by atoms with Crippen LogP contribution in [0.1, 0.15) is 13.3 Å². The molecule has 0 radical (unpaired) electrons. The highest BCUT2D eigenvalue weighted by Crippen LogP contribution is 1.79. The summed E-state index contributed by atoms with van der Waals surface area (Å²) in [6, 6.07) is 0. The van der Waals surface area contributed by atoms with Crippen molar-refractivity contribution in [1.29, 1.82) is 0 Å². The fourth-order valence-corrected chi connectivity index (χ4v) is 0.806. The van der Waals surface area contributed by atoms with E-state index in [0.29, 0.717) is 0 Å². The lowest BCUT2D eigenvalue weighted by Crippen LogP contribution is -2.18. The molecule has 0 aliphatic rings. The minimum Gasteiger partial charge on any atom is -0.382 e. The van der Waals surface area contributed by atoms with Crippen molar-refractivity contribution in [2.45, 2.75) is 13.3 Å². The van der Waals surface area contributed by atoms with E-state index in [1.54, 1.807) is 0 Å². The Morgan fingerprint density at radius 2 is 2.20 bits per heavy atom. The maximum absolute atomic E-state index is 5.15. The van der Waals surface area contributed by atoms with Crippen molar-refractivity contribution in [3.05, 3.63) is 0 Å². The lowest BCUT2D eigenvalue weighted by molar-refractivity contribution is 0.145. The molecule has 3 heteroatoms. The molecule has 10 heavy (non-hydrogen) atoms. The van der Waals surface area contributed by atoms with Crippen molar-refractivity contribution >= 4 is 12.6 Å². The molecule has 0 fully saturated rings. The van der Waals surface area contributed by atoms with Gasteiger partial charge in [-0.15, -0.1) is 0 Å². The van der Waals surface area contributed by atoms with Crippen molar-refractivity contribution in [2.24, 2.45) is 0 Å². The summed E-state index contributed by atoms with van der Waals surface area (Å²) in [5, 5.41) is 3.24. The van der Waals surface area contributed by atoms with Crippen LogP contribution in [0, 0.1) is 0 Å². The molecule has 0 heterocycles. The van der Waals surface area contributed by atoms with Gasteiger partial charge in [0.25, 0.3) is 0 Å². The SMILES string of the molecule is CCOCCCNCCS. The van der Waals surface area contributed by atoms with Crippen LogP contribution in [-0.4, -0.2) is 32.1 Å². The lowest BCUT2D eigenvalue weighted by Gasteiger charge is -2.01. The van der Waals surface area contributed by atoms with Gasteiger partial charge in [0, 0.05) is 25.5 Å². The Kier molecular flexibility index (Phi) is 9.52. The van der Waals surface area contributed by atoms with Gasteiger partial charge in [0.05, 0.1) is 0 Å². The van der Waals surface area contributed by atoms with Gasteiger partial charge in [-0.05, 0) is 19.9 Å². The second-order valence-corrected chi connectivity index (χ2v) is 2.47. The zero-order valence-electron chi connectivity index (χ0n) is 6.60. The van der Waals surface area contributed by atoms with Crippen molar-refractivity contribution < 1.29 is 4.74 Å². The molecule has 0 aromatic rings. The van der Waals surface area contributed by atoms with Gasteiger partial charge in [0.2, 0.25) is 0 Å². The number of nitrogens with one attached hydrogen (secondary N) is 1. The van der Waals surface area contributed by atoms with Gasteiger partial charge in [-0.3, -0.25) is 0 Å². The second kappa shape index (κ2) is 9.27. The smallest absolute Gasteiger partial charge is 0.0477 e. The highest BCUT2D eigenvalue weighted by atomic mass is 32.1. The highest BCUT2D eigenvalue weighted by Gasteiger charge is 1.85. The minimum absolute atomic E-state index is 0.826. The van der Waals surface area contributed by atoms with E-state index in [4.69, 9.17) is 4.74 Å². The Morgan fingerprint density at radius 1 is 1.40 bits per heavy atom. The van der Waals surface area contributed by atoms with Gasteiger partial charge in [-0.25, -0.2) is 0 Å². The average Bonchev–Trinajstić information content (AvgIpc) is 1.97. The molecule has 1 N–H and O–H groups in total. The third-order valence-corrected chi connectivity index (χ3v) is 1.36. The first-order chi connectivity index (χ1) is 4.91. The van der Waals surface area contributed by atoms with Crippen molar-refractivity contribution in [3.63, 3.8) is 0 Å². The van der Waals surface area contributed by atoms with Gasteiger partial charge in [0.15, 0.2) is 0 Å². The third kappa shape index (κ3) is 8.27. The van der Waals surface area contributed by atoms with E-state index in [-0.39, 0.29) is 0 Å². The number of ether oxygens (including phenoxy) is 1. The van der Waals surface area contributed by atoms with E-state index < -0.39 is 0 Å². The monoisotopic (exact) mass is 163 g/mol. The highest BCUT2D eigenvalue weighted by molar-refractivity contribution is 7.80. The molecular weight excluding hydrogens is 146 g/mol. The Morgan fingerprint density at radius 3 is 2.80 bits per heavy atom. The van der Waals surface area contributed by atoms with Crippen molar-refractivity contribution in [2.75, 3.05) is 32.1 Å². The standard InChI is InChI=1S/C7H17NOS/c1-2-9-6-3-4-8-5-7-10/h8,10H,2-7H2,1H3. The predicted octanol–water partition coefficient (Wildman–Crippen LogP) is 0.932. The molecule has 2 nitrogen and oxygen atoms in total.